The standard InChI is InChI=1S/C24H33ClN2O4S/c1-17(2)12-26(13-19(28)15-30-3)14-24(29)27-10-8-23-21(9-11-32-23)22(27)16-31-20-6-4-18(25)5-7-20/h4-7,9,11,17,19,22,28H,8,10,12-16H2,1-3H3. The highest BCUT2D eigenvalue weighted by Crippen LogP contribution is 2.34. The van der Waals surface area contributed by atoms with Crippen LogP contribution in [0, 0.1) is 5.92 Å². The van der Waals surface area contributed by atoms with Gasteiger partial charge in [0.2, 0.25) is 5.91 Å². The predicted molar refractivity (Wildman–Crippen MR) is 129 cm³/mol. The normalized spacial score (nSPS) is 17.0. The quantitative estimate of drug-likeness (QED) is 0.529. The molecular formula is C24H33ClN2O4S. The van der Waals surface area contributed by atoms with Gasteiger partial charge < -0.3 is 19.5 Å². The Balaban J connectivity index is 1.72. The predicted octanol–water partition coefficient (Wildman–Crippen LogP) is 3.87. The topological polar surface area (TPSA) is 62.2 Å². The molecule has 3 rings (SSSR count). The second-order valence-corrected chi connectivity index (χ2v) is 10.1. The smallest absolute Gasteiger partial charge is 0.237 e. The van der Waals surface area contributed by atoms with Crippen LogP contribution in [0.5, 0.6) is 5.75 Å². The van der Waals surface area contributed by atoms with Crippen molar-refractivity contribution in [3.8, 4) is 5.75 Å². The molecule has 1 amide bonds. The summed E-state index contributed by atoms with van der Waals surface area (Å²) in [5.74, 6) is 1.16. The molecule has 8 heteroatoms. The lowest BCUT2D eigenvalue weighted by Gasteiger charge is -2.37. The lowest BCUT2D eigenvalue weighted by molar-refractivity contribution is -0.136. The average Bonchev–Trinajstić information content (AvgIpc) is 3.21. The molecule has 1 aromatic heterocycles. The lowest BCUT2D eigenvalue weighted by atomic mass is 10.00. The number of hydrogen-bond acceptors (Lipinski definition) is 6. The maximum Gasteiger partial charge on any atom is 0.237 e. The molecule has 32 heavy (non-hydrogen) atoms. The highest BCUT2D eigenvalue weighted by molar-refractivity contribution is 7.10. The summed E-state index contributed by atoms with van der Waals surface area (Å²) in [6.45, 7) is 6.92. The molecule has 2 atom stereocenters. The van der Waals surface area contributed by atoms with Crippen LogP contribution in [0.4, 0.5) is 0 Å². The van der Waals surface area contributed by atoms with Gasteiger partial charge in [-0.25, -0.2) is 0 Å². The molecule has 0 bridgehead atoms. The first-order chi connectivity index (χ1) is 15.4. The van der Waals surface area contributed by atoms with Crippen LogP contribution in [0.1, 0.15) is 30.3 Å². The van der Waals surface area contributed by atoms with E-state index in [4.69, 9.17) is 21.1 Å². The maximum absolute atomic E-state index is 13.4. The Bertz CT molecular complexity index is 858. The molecule has 2 heterocycles. The van der Waals surface area contributed by atoms with Crippen LogP contribution in [0.15, 0.2) is 35.7 Å². The second-order valence-electron chi connectivity index (χ2n) is 8.61. The van der Waals surface area contributed by atoms with Crippen molar-refractivity contribution in [1.29, 1.82) is 0 Å². The number of benzene rings is 1. The van der Waals surface area contributed by atoms with Gasteiger partial charge in [-0.15, -0.1) is 11.3 Å². The van der Waals surface area contributed by atoms with Crippen LogP contribution in [0.3, 0.4) is 0 Å². The van der Waals surface area contributed by atoms with Crippen LogP contribution in [-0.2, 0) is 16.0 Å². The number of rotatable bonds is 11. The van der Waals surface area contributed by atoms with Gasteiger partial charge in [0.05, 0.1) is 25.3 Å². The maximum atomic E-state index is 13.4. The molecule has 0 radical (unpaired) electrons. The van der Waals surface area contributed by atoms with E-state index in [-0.39, 0.29) is 25.1 Å². The number of halogens is 1. The third-order valence-electron chi connectivity index (χ3n) is 5.45. The summed E-state index contributed by atoms with van der Waals surface area (Å²) in [5, 5.41) is 13.0. The molecule has 176 valence electrons. The Morgan fingerprint density at radius 3 is 2.72 bits per heavy atom. The third-order valence-corrected chi connectivity index (χ3v) is 6.70. The van der Waals surface area contributed by atoms with Crippen LogP contribution in [0.2, 0.25) is 5.02 Å². The number of amides is 1. The first-order valence-electron chi connectivity index (χ1n) is 11.0. The molecule has 0 saturated heterocycles. The monoisotopic (exact) mass is 480 g/mol. The number of nitrogens with zero attached hydrogens (tertiary/aromatic N) is 2. The van der Waals surface area contributed by atoms with Gasteiger partial charge in [0, 0.05) is 36.6 Å². The number of fused-ring (bicyclic) bond motifs is 1. The fourth-order valence-corrected chi connectivity index (χ4v) is 5.18. The summed E-state index contributed by atoms with van der Waals surface area (Å²) in [7, 11) is 1.57. The van der Waals surface area contributed by atoms with Crippen molar-refractivity contribution >= 4 is 28.8 Å². The van der Waals surface area contributed by atoms with Crippen molar-refractivity contribution < 1.29 is 19.4 Å². The Labute approximate surface area is 199 Å². The van der Waals surface area contributed by atoms with Crippen molar-refractivity contribution in [3.63, 3.8) is 0 Å². The van der Waals surface area contributed by atoms with Crippen molar-refractivity contribution in [1.82, 2.24) is 9.80 Å². The molecule has 1 aliphatic heterocycles. The number of carbonyl (C=O) groups is 1. The highest BCUT2D eigenvalue weighted by atomic mass is 35.5. The van der Waals surface area contributed by atoms with Gasteiger partial charge in [0.1, 0.15) is 12.4 Å². The highest BCUT2D eigenvalue weighted by Gasteiger charge is 2.33. The van der Waals surface area contributed by atoms with Crippen molar-refractivity contribution in [2.45, 2.75) is 32.4 Å². The Kier molecular flexibility index (Phi) is 9.37. The summed E-state index contributed by atoms with van der Waals surface area (Å²) in [5.41, 5.74) is 1.17. The minimum absolute atomic E-state index is 0.0526. The number of aliphatic hydroxyl groups excluding tert-OH is 1. The minimum atomic E-state index is -0.625. The number of hydrogen-bond donors (Lipinski definition) is 1. The van der Waals surface area contributed by atoms with E-state index in [9.17, 15) is 9.90 Å². The zero-order valence-electron chi connectivity index (χ0n) is 19.0. The Morgan fingerprint density at radius 2 is 2.03 bits per heavy atom. The van der Waals surface area contributed by atoms with Crippen molar-refractivity contribution in [3.05, 3.63) is 51.2 Å². The lowest BCUT2D eigenvalue weighted by Crippen LogP contribution is -2.48. The van der Waals surface area contributed by atoms with Gasteiger partial charge >= 0.3 is 0 Å². The molecule has 0 fully saturated rings. The summed E-state index contributed by atoms with van der Waals surface area (Å²) in [6, 6.07) is 9.24. The van der Waals surface area contributed by atoms with E-state index < -0.39 is 6.10 Å². The molecule has 2 unspecified atom stereocenters. The first kappa shape index (κ1) is 25.0. The van der Waals surface area contributed by atoms with E-state index in [0.717, 1.165) is 18.7 Å². The van der Waals surface area contributed by atoms with E-state index in [1.165, 1.54) is 10.4 Å². The summed E-state index contributed by atoms with van der Waals surface area (Å²) in [4.78, 5) is 18.7. The molecule has 1 N–H and O–H groups in total. The molecule has 0 spiro atoms. The van der Waals surface area contributed by atoms with Crippen LogP contribution < -0.4 is 4.74 Å². The van der Waals surface area contributed by atoms with Crippen LogP contribution in [-0.4, -0.2) is 73.4 Å². The molecule has 2 aromatic rings. The summed E-state index contributed by atoms with van der Waals surface area (Å²) < 4.78 is 11.1. The summed E-state index contributed by atoms with van der Waals surface area (Å²) >= 11 is 7.71. The summed E-state index contributed by atoms with van der Waals surface area (Å²) in [6.07, 6.45) is 0.229. The number of aliphatic hydroxyl groups is 1. The molecular weight excluding hydrogens is 448 g/mol. The van der Waals surface area contributed by atoms with Gasteiger partial charge in [-0.3, -0.25) is 9.69 Å². The van der Waals surface area contributed by atoms with E-state index >= 15 is 0 Å². The molecule has 1 aromatic carbocycles. The third kappa shape index (κ3) is 6.93. The van der Waals surface area contributed by atoms with Gasteiger partial charge in [-0.1, -0.05) is 25.4 Å². The molecule has 6 nitrogen and oxygen atoms in total. The van der Waals surface area contributed by atoms with Crippen molar-refractivity contribution in [2.24, 2.45) is 5.92 Å². The van der Waals surface area contributed by atoms with Gasteiger partial charge in [-0.05, 0) is 53.6 Å². The van der Waals surface area contributed by atoms with E-state index in [0.29, 0.717) is 30.6 Å². The Hall–Kier alpha value is -1.64. The van der Waals surface area contributed by atoms with Gasteiger partial charge in [0.15, 0.2) is 0 Å². The SMILES string of the molecule is COCC(O)CN(CC(=O)N1CCc2sccc2C1COc1ccc(Cl)cc1)CC(C)C. The van der Waals surface area contributed by atoms with Gasteiger partial charge in [-0.2, -0.15) is 0 Å². The van der Waals surface area contributed by atoms with Crippen LogP contribution >= 0.6 is 22.9 Å². The first-order valence-corrected chi connectivity index (χ1v) is 12.3. The number of methoxy groups -OCH3 is 1. The zero-order chi connectivity index (χ0) is 23.1. The fourth-order valence-electron chi connectivity index (χ4n) is 4.13. The van der Waals surface area contributed by atoms with E-state index in [1.54, 1.807) is 30.6 Å². The zero-order valence-corrected chi connectivity index (χ0v) is 20.6. The number of carbonyl (C=O) groups excluding carboxylic acids is 1. The fraction of sp³-hybridized carbons (Fsp3) is 0.542. The largest absolute Gasteiger partial charge is 0.491 e. The number of thiophene rings is 1. The number of ether oxygens (including phenoxy) is 2. The van der Waals surface area contributed by atoms with E-state index in [2.05, 4.69) is 25.3 Å². The van der Waals surface area contributed by atoms with Crippen LogP contribution in [0.25, 0.3) is 0 Å². The van der Waals surface area contributed by atoms with Crippen molar-refractivity contribution in [2.75, 3.05) is 46.5 Å². The average molecular weight is 481 g/mol. The second kappa shape index (κ2) is 12.0. The molecule has 0 saturated carbocycles. The Morgan fingerprint density at radius 1 is 1.28 bits per heavy atom. The van der Waals surface area contributed by atoms with Gasteiger partial charge in [0.25, 0.3) is 0 Å². The molecule has 0 aliphatic carbocycles. The molecule has 1 aliphatic rings. The van der Waals surface area contributed by atoms with E-state index in [1.807, 2.05) is 21.9 Å². The minimum Gasteiger partial charge on any atom is -0.491 e.